The van der Waals surface area contributed by atoms with Crippen LogP contribution in [0.15, 0.2) is 108 Å². The molecule has 0 fully saturated rings. The van der Waals surface area contributed by atoms with Crippen LogP contribution in [0.25, 0.3) is 22.0 Å². The molecule has 36 heavy (non-hydrogen) atoms. The maximum atomic E-state index is 13.9. The van der Waals surface area contributed by atoms with Gasteiger partial charge in [0.05, 0.1) is 10.4 Å². The standard InChI is InChI=1S/C28H20F2N2O3S/c29-22-12-8-19(9-13-22)17-31-28(33)20-10-14-24(15-11-20)36(34,35)32-18-26(21-4-3-5-23(30)16-21)25-6-1-2-7-27(25)32/h1-16,18H,17H2,(H,31,33). The molecule has 0 bridgehead atoms. The van der Waals surface area contributed by atoms with Crippen LogP contribution in [0.4, 0.5) is 8.78 Å². The molecule has 0 spiro atoms. The summed E-state index contributed by atoms with van der Waals surface area (Å²) in [7, 11) is -4.01. The summed E-state index contributed by atoms with van der Waals surface area (Å²) < 4.78 is 55.1. The molecule has 0 saturated carbocycles. The fraction of sp³-hybridized carbons (Fsp3) is 0.0357. The molecule has 5 aromatic rings. The van der Waals surface area contributed by atoms with E-state index >= 15 is 0 Å². The quantitative estimate of drug-likeness (QED) is 0.321. The first-order chi connectivity index (χ1) is 17.3. The van der Waals surface area contributed by atoms with Gasteiger partial charge in [-0.2, -0.15) is 0 Å². The van der Waals surface area contributed by atoms with Crippen molar-refractivity contribution in [2.75, 3.05) is 0 Å². The van der Waals surface area contributed by atoms with E-state index < -0.39 is 15.8 Å². The van der Waals surface area contributed by atoms with Gasteiger partial charge in [-0.3, -0.25) is 4.79 Å². The summed E-state index contributed by atoms with van der Waals surface area (Å²) in [6.07, 6.45) is 1.48. The summed E-state index contributed by atoms with van der Waals surface area (Å²) in [6, 6.07) is 24.4. The summed E-state index contributed by atoms with van der Waals surface area (Å²) in [5.41, 5.74) is 2.63. The molecule has 1 amide bonds. The number of aromatic nitrogens is 1. The van der Waals surface area contributed by atoms with Crippen molar-refractivity contribution in [2.45, 2.75) is 11.4 Å². The molecule has 5 nitrogen and oxygen atoms in total. The molecule has 180 valence electrons. The van der Waals surface area contributed by atoms with Gasteiger partial charge >= 0.3 is 0 Å². The van der Waals surface area contributed by atoms with Crippen LogP contribution in [0.1, 0.15) is 15.9 Å². The predicted octanol–water partition coefficient (Wildman–Crippen LogP) is 5.75. The maximum Gasteiger partial charge on any atom is 0.268 e. The van der Waals surface area contributed by atoms with Crippen molar-refractivity contribution in [1.82, 2.24) is 9.29 Å². The molecule has 0 aliphatic heterocycles. The fourth-order valence-corrected chi connectivity index (χ4v) is 5.38. The Morgan fingerprint density at radius 1 is 0.806 bits per heavy atom. The Morgan fingerprint density at radius 2 is 1.53 bits per heavy atom. The lowest BCUT2D eigenvalue weighted by atomic mass is 10.1. The van der Waals surface area contributed by atoms with Crippen LogP contribution >= 0.6 is 0 Å². The number of hydrogen-bond acceptors (Lipinski definition) is 3. The Kier molecular flexibility index (Phi) is 6.12. The van der Waals surface area contributed by atoms with Gasteiger partial charge < -0.3 is 5.32 Å². The first-order valence-corrected chi connectivity index (χ1v) is 12.5. The third kappa shape index (κ3) is 4.50. The SMILES string of the molecule is O=C(NCc1ccc(F)cc1)c1ccc(S(=O)(=O)n2cc(-c3cccc(F)c3)c3ccccc32)cc1. The van der Waals surface area contributed by atoms with Gasteiger partial charge in [0, 0.05) is 29.3 Å². The minimum Gasteiger partial charge on any atom is -0.348 e. The molecule has 0 unspecified atom stereocenters. The lowest BCUT2D eigenvalue weighted by Crippen LogP contribution is -2.22. The largest absolute Gasteiger partial charge is 0.348 e. The molecule has 0 aliphatic rings. The Morgan fingerprint density at radius 3 is 2.25 bits per heavy atom. The normalized spacial score (nSPS) is 11.5. The van der Waals surface area contributed by atoms with Crippen LogP contribution in [0.3, 0.4) is 0 Å². The molecule has 5 rings (SSSR count). The van der Waals surface area contributed by atoms with Gasteiger partial charge in [-0.15, -0.1) is 0 Å². The average Bonchev–Trinajstić information content (AvgIpc) is 3.29. The minimum atomic E-state index is -4.01. The highest BCUT2D eigenvalue weighted by Crippen LogP contribution is 2.33. The monoisotopic (exact) mass is 502 g/mol. The van der Waals surface area contributed by atoms with E-state index in [9.17, 15) is 22.0 Å². The van der Waals surface area contributed by atoms with E-state index in [1.807, 2.05) is 0 Å². The molecule has 0 aliphatic carbocycles. The highest BCUT2D eigenvalue weighted by Gasteiger charge is 2.22. The highest BCUT2D eigenvalue weighted by atomic mass is 32.2. The van der Waals surface area contributed by atoms with Gasteiger partial charge in [-0.05, 0) is 65.7 Å². The number of amides is 1. The molecule has 0 atom stereocenters. The third-order valence-corrected chi connectivity index (χ3v) is 7.54. The molecule has 1 N–H and O–H groups in total. The lowest BCUT2D eigenvalue weighted by Gasteiger charge is -2.09. The van der Waals surface area contributed by atoms with Gasteiger partial charge in [0.2, 0.25) is 0 Å². The number of hydrogen-bond donors (Lipinski definition) is 1. The molecule has 4 aromatic carbocycles. The second kappa shape index (κ2) is 9.39. The van der Waals surface area contributed by atoms with E-state index in [4.69, 9.17) is 0 Å². The second-order valence-corrected chi connectivity index (χ2v) is 10.0. The predicted molar refractivity (Wildman–Crippen MR) is 134 cm³/mol. The van der Waals surface area contributed by atoms with Crippen LogP contribution in [0.5, 0.6) is 0 Å². The first kappa shape index (κ1) is 23.4. The summed E-state index contributed by atoms with van der Waals surface area (Å²) in [4.78, 5) is 12.5. The molecule has 8 heteroatoms. The summed E-state index contributed by atoms with van der Waals surface area (Å²) >= 11 is 0. The number of para-hydroxylation sites is 1. The van der Waals surface area contributed by atoms with E-state index in [0.29, 0.717) is 22.0 Å². The number of fused-ring (bicyclic) bond motifs is 1. The number of benzene rings is 4. The van der Waals surface area contributed by atoms with Crippen molar-refractivity contribution < 1.29 is 22.0 Å². The molecule has 0 radical (unpaired) electrons. The van der Waals surface area contributed by atoms with Crippen molar-refractivity contribution in [2.24, 2.45) is 0 Å². The summed E-state index contributed by atoms with van der Waals surface area (Å²) in [5, 5.41) is 3.40. The van der Waals surface area contributed by atoms with Gasteiger partial charge in [0.1, 0.15) is 11.6 Å². The maximum absolute atomic E-state index is 13.9. The van der Waals surface area contributed by atoms with Gasteiger partial charge in [0.25, 0.3) is 15.9 Å². The van der Waals surface area contributed by atoms with Gasteiger partial charge in [0.15, 0.2) is 0 Å². The average molecular weight is 503 g/mol. The van der Waals surface area contributed by atoms with E-state index in [0.717, 1.165) is 5.56 Å². The molecular formula is C28H20F2N2O3S. The van der Waals surface area contributed by atoms with E-state index in [1.54, 1.807) is 48.5 Å². The Hall–Kier alpha value is -4.30. The summed E-state index contributed by atoms with van der Waals surface area (Å²) in [5.74, 6) is -1.16. The number of rotatable bonds is 6. The van der Waals surface area contributed by atoms with E-state index in [1.165, 1.54) is 58.7 Å². The Balaban J connectivity index is 1.43. The highest BCUT2D eigenvalue weighted by molar-refractivity contribution is 7.90. The number of halogens is 2. The van der Waals surface area contributed by atoms with Crippen molar-refractivity contribution >= 4 is 26.8 Å². The van der Waals surface area contributed by atoms with Crippen LogP contribution in [-0.4, -0.2) is 18.3 Å². The van der Waals surface area contributed by atoms with Crippen molar-refractivity contribution in [3.8, 4) is 11.1 Å². The van der Waals surface area contributed by atoms with Crippen LogP contribution < -0.4 is 5.32 Å². The topological polar surface area (TPSA) is 68.2 Å². The van der Waals surface area contributed by atoms with Crippen LogP contribution in [0.2, 0.25) is 0 Å². The number of nitrogens with one attached hydrogen (secondary N) is 1. The molecule has 1 heterocycles. The zero-order valence-electron chi connectivity index (χ0n) is 18.9. The minimum absolute atomic E-state index is 0.00382. The van der Waals surface area contributed by atoms with Crippen molar-refractivity contribution in [3.05, 3.63) is 126 Å². The van der Waals surface area contributed by atoms with Gasteiger partial charge in [-0.25, -0.2) is 21.2 Å². The lowest BCUT2D eigenvalue weighted by molar-refractivity contribution is 0.0951. The number of carbonyl (C=O) groups is 1. The van der Waals surface area contributed by atoms with Crippen LogP contribution in [-0.2, 0) is 16.6 Å². The zero-order valence-corrected chi connectivity index (χ0v) is 19.7. The smallest absolute Gasteiger partial charge is 0.268 e. The van der Waals surface area contributed by atoms with E-state index in [2.05, 4.69) is 5.32 Å². The van der Waals surface area contributed by atoms with Crippen molar-refractivity contribution in [1.29, 1.82) is 0 Å². The molecule has 1 aromatic heterocycles. The third-order valence-electron chi connectivity index (χ3n) is 5.85. The van der Waals surface area contributed by atoms with Crippen LogP contribution in [0, 0.1) is 11.6 Å². The Labute approximate surface area is 206 Å². The Bertz CT molecular complexity index is 1680. The molecular weight excluding hydrogens is 482 g/mol. The second-order valence-electron chi connectivity index (χ2n) is 8.20. The number of nitrogens with zero attached hydrogens (tertiary/aromatic N) is 1. The molecule has 0 saturated heterocycles. The van der Waals surface area contributed by atoms with Gasteiger partial charge in [-0.1, -0.05) is 42.5 Å². The summed E-state index contributed by atoms with van der Waals surface area (Å²) in [6.45, 7) is 0.206. The zero-order chi connectivity index (χ0) is 25.3. The first-order valence-electron chi connectivity index (χ1n) is 11.1. The van der Waals surface area contributed by atoms with E-state index in [-0.39, 0.29) is 28.7 Å². The van der Waals surface area contributed by atoms with Crippen molar-refractivity contribution in [3.63, 3.8) is 0 Å². The fourth-order valence-electron chi connectivity index (χ4n) is 4.01. The number of carbonyl (C=O) groups excluding carboxylic acids is 1.